The Balaban J connectivity index is 2.53. The summed E-state index contributed by atoms with van der Waals surface area (Å²) in [4.78, 5) is 0. The number of hydrogen-bond acceptors (Lipinski definition) is 2. The molecule has 0 fully saturated rings. The first-order chi connectivity index (χ1) is 8.49. The van der Waals surface area contributed by atoms with Crippen LogP contribution in [0.15, 0.2) is 30.4 Å². The highest BCUT2D eigenvalue weighted by Gasteiger charge is 2.03. The summed E-state index contributed by atoms with van der Waals surface area (Å²) < 4.78 is 5.54. The van der Waals surface area contributed by atoms with Crippen LogP contribution >= 0.6 is 11.6 Å². The fraction of sp³-hybridized carbons (Fsp3) is 0.467. The van der Waals surface area contributed by atoms with E-state index in [9.17, 15) is 0 Å². The summed E-state index contributed by atoms with van der Waals surface area (Å²) >= 11 is 6.17. The van der Waals surface area contributed by atoms with E-state index >= 15 is 0 Å². The van der Waals surface area contributed by atoms with E-state index in [1.165, 1.54) is 5.56 Å². The Kier molecular flexibility index (Phi) is 6.23. The lowest BCUT2D eigenvalue weighted by atomic mass is 10.2. The molecule has 0 aliphatic rings. The van der Waals surface area contributed by atoms with E-state index in [0.29, 0.717) is 23.3 Å². The molecule has 0 saturated carbocycles. The highest BCUT2D eigenvalue weighted by atomic mass is 35.5. The molecule has 0 spiro atoms. The number of rotatable bonds is 7. The van der Waals surface area contributed by atoms with E-state index in [2.05, 4.69) is 25.7 Å². The average molecular weight is 268 g/mol. The van der Waals surface area contributed by atoms with Crippen LogP contribution in [0.2, 0.25) is 5.02 Å². The fourth-order valence-electron chi connectivity index (χ4n) is 1.48. The normalized spacial score (nSPS) is 10.7. The Labute approximate surface area is 115 Å². The molecule has 1 rings (SSSR count). The molecule has 1 aromatic rings. The number of hydrogen-bond donors (Lipinski definition) is 1. The Morgan fingerprint density at radius 2 is 2.17 bits per heavy atom. The molecule has 0 radical (unpaired) electrons. The van der Waals surface area contributed by atoms with Crippen molar-refractivity contribution >= 4 is 11.6 Å². The zero-order chi connectivity index (χ0) is 13.5. The van der Waals surface area contributed by atoms with Crippen LogP contribution in [-0.2, 0) is 6.54 Å². The molecule has 2 nitrogen and oxygen atoms in total. The Morgan fingerprint density at radius 1 is 1.44 bits per heavy atom. The van der Waals surface area contributed by atoms with Crippen LogP contribution in [0.5, 0.6) is 5.75 Å². The van der Waals surface area contributed by atoms with E-state index < -0.39 is 0 Å². The van der Waals surface area contributed by atoms with Crippen molar-refractivity contribution in [2.45, 2.75) is 27.3 Å². The first-order valence-corrected chi connectivity index (χ1v) is 6.63. The van der Waals surface area contributed by atoms with Crippen molar-refractivity contribution in [1.82, 2.24) is 5.32 Å². The van der Waals surface area contributed by atoms with Gasteiger partial charge in [-0.2, -0.15) is 0 Å². The summed E-state index contributed by atoms with van der Waals surface area (Å²) in [7, 11) is 0. The summed E-state index contributed by atoms with van der Waals surface area (Å²) in [6.07, 6.45) is 0. The molecular weight excluding hydrogens is 246 g/mol. The Bertz CT molecular complexity index is 401. The summed E-state index contributed by atoms with van der Waals surface area (Å²) in [5.41, 5.74) is 2.15. The predicted octanol–water partition coefficient (Wildman–Crippen LogP) is 4.04. The number of ether oxygens (including phenoxy) is 1. The van der Waals surface area contributed by atoms with Crippen molar-refractivity contribution in [2.24, 2.45) is 5.92 Å². The lowest BCUT2D eigenvalue weighted by Gasteiger charge is -2.11. The van der Waals surface area contributed by atoms with E-state index in [1.807, 2.05) is 25.1 Å². The van der Waals surface area contributed by atoms with Crippen LogP contribution < -0.4 is 10.1 Å². The van der Waals surface area contributed by atoms with Gasteiger partial charge >= 0.3 is 0 Å². The van der Waals surface area contributed by atoms with Gasteiger partial charge in [0.15, 0.2) is 0 Å². The Hall–Kier alpha value is -0.990. The molecule has 3 heteroatoms. The van der Waals surface area contributed by atoms with Crippen molar-refractivity contribution in [1.29, 1.82) is 0 Å². The van der Waals surface area contributed by atoms with Gasteiger partial charge in [-0.25, -0.2) is 0 Å². The first-order valence-electron chi connectivity index (χ1n) is 6.25. The van der Waals surface area contributed by atoms with Crippen LogP contribution in [0, 0.1) is 5.92 Å². The van der Waals surface area contributed by atoms with Crippen molar-refractivity contribution in [2.75, 3.05) is 13.2 Å². The van der Waals surface area contributed by atoms with Crippen LogP contribution in [0.25, 0.3) is 0 Å². The maximum absolute atomic E-state index is 6.17. The minimum absolute atomic E-state index is 0.505. The van der Waals surface area contributed by atoms with Crippen LogP contribution in [-0.4, -0.2) is 13.2 Å². The van der Waals surface area contributed by atoms with Gasteiger partial charge in [-0.3, -0.25) is 0 Å². The van der Waals surface area contributed by atoms with Crippen molar-refractivity contribution in [3.8, 4) is 5.75 Å². The van der Waals surface area contributed by atoms with Crippen LogP contribution in [0.4, 0.5) is 0 Å². The third kappa shape index (κ3) is 5.56. The fourth-order valence-corrected chi connectivity index (χ4v) is 1.74. The molecule has 0 unspecified atom stereocenters. The van der Waals surface area contributed by atoms with Crippen molar-refractivity contribution in [3.05, 3.63) is 40.9 Å². The lowest BCUT2D eigenvalue weighted by Crippen LogP contribution is -2.18. The SMILES string of the molecule is C=C(C)COc1ccc(CNCC(C)C)cc1Cl. The number of nitrogens with one attached hydrogen (secondary N) is 1. The van der Waals surface area contributed by atoms with Gasteiger partial charge in [0.05, 0.1) is 5.02 Å². The van der Waals surface area contributed by atoms with Gasteiger partial charge in [-0.05, 0) is 42.7 Å². The van der Waals surface area contributed by atoms with Gasteiger partial charge in [-0.1, -0.05) is 38.1 Å². The lowest BCUT2D eigenvalue weighted by molar-refractivity contribution is 0.353. The molecule has 100 valence electrons. The van der Waals surface area contributed by atoms with E-state index in [4.69, 9.17) is 16.3 Å². The summed E-state index contributed by atoms with van der Waals surface area (Å²) in [5.74, 6) is 1.37. The predicted molar refractivity (Wildman–Crippen MR) is 78.3 cm³/mol. The molecule has 0 aromatic heterocycles. The third-order valence-corrected chi connectivity index (χ3v) is 2.65. The maximum Gasteiger partial charge on any atom is 0.138 e. The zero-order valence-electron chi connectivity index (χ0n) is 11.4. The second-order valence-corrected chi connectivity index (χ2v) is 5.44. The van der Waals surface area contributed by atoms with Crippen LogP contribution in [0.3, 0.4) is 0 Å². The molecule has 0 heterocycles. The van der Waals surface area contributed by atoms with Crippen LogP contribution in [0.1, 0.15) is 26.3 Å². The average Bonchev–Trinajstić information content (AvgIpc) is 2.27. The van der Waals surface area contributed by atoms with E-state index in [1.54, 1.807) is 0 Å². The summed E-state index contributed by atoms with van der Waals surface area (Å²) in [6.45, 7) is 12.4. The molecule has 1 aromatic carbocycles. The first kappa shape index (κ1) is 15.1. The van der Waals surface area contributed by atoms with Gasteiger partial charge in [-0.15, -0.1) is 0 Å². The third-order valence-electron chi connectivity index (χ3n) is 2.35. The zero-order valence-corrected chi connectivity index (χ0v) is 12.2. The smallest absolute Gasteiger partial charge is 0.138 e. The van der Waals surface area contributed by atoms with Gasteiger partial charge < -0.3 is 10.1 Å². The quantitative estimate of drug-likeness (QED) is 0.753. The van der Waals surface area contributed by atoms with Crippen molar-refractivity contribution < 1.29 is 4.74 Å². The molecule has 0 atom stereocenters. The monoisotopic (exact) mass is 267 g/mol. The van der Waals surface area contributed by atoms with Gasteiger partial charge in [0, 0.05) is 6.54 Å². The van der Waals surface area contributed by atoms with E-state index in [0.717, 1.165) is 18.7 Å². The summed E-state index contributed by atoms with van der Waals surface area (Å²) in [6, 6.07) is 5.90. The molecule has 0 aliphatic carbocycles. The molecular formula is C15H22ClNO. The highest BCUT2D eigenvalue weighted by molar-refractivity contribution is 6.32. The minimum Gasteiger partial charge on any atom is -0.488 e. The highest BCUT2D eigenvalue weighted by Crippen LogP contribution is 2.25. The largest absolute Gasteiger partial charge is 0.488 e. The van der Waals surface area contributed by atoms with Gasteiger partial charge in [0.25, 0.3) is 0 Å². The topological polar surface area (TPSA) is 21.3 Å². The standard InChI is InChI=1S/C15H22ClNO/c1-11(2)8-17-9-13-5-6-15(14(16)7-13)18-10-12(3)4/h5-7,11,17H,3,8-10H2,1-2,4H3. The molecule has 0 saturated heterocycles. The van der Waals surface area contributed by atoms with Gasteiger partial charge in [0.1, 0.15) is 12.4 Å². The second-order valence-electron chi connectivity index (χ2n) is 5.04. The molecule has 18 heavy (non-hydrogen) atoms. The molecule has 0 bridgehead atoms. The maximum atomic E-state index is 6.17. The van der Waals surface area contributed by atoms with E-state index in [-0.39, 0.29) is 0 Å². The van der Waals surface area contributed by atoms with Gasteiger partial charge in [0.2, 0.25) is 0 Å². The van der Waals surface area contributed by atoms with Crippen molar-refractivity contribution in [3.63, 3.8) is 0 Å². The minimum atomic E-state index is 0.505. The molecule has 0 aliphatic heterocycles. The number of benzene rings is 1. The second kappa shape index (κ2) is 7.45. The Morgan fingerprint density at radius 3 is 2.72 bits per heavy atom. The number of halogens is 1. The molecule has 1 N–H and O–H groups in total. The summed E-state index contributed by atoms with van der Waals surface area (Å²) in [5, 5.41) is 4.04. The molecule has 0 amide bonds.